The molecule has 0 unspecified atom stereocenters. The van der Waals surface area contributed by atoms with Crippen molar-refractivity contribution in [2.75, 3.05) is 11.9 Å². The Morgan fingerprint density at radius 2 is 1.92 bits per heavy atom. The van der Waals surface area contributed by atoms with Crippen LogP contribution in [0.1, 0.15) is 37.0 Å². The maximum absolute atomic E-state index is 12.5. The largest absolute Gasteiger partial charge is 0.476 e. The Balaban J connectivity index is 2.19. The van der Waals surface area contributed by atoms with Gasteiger partial charge in [0.05, 0.1) is 11.5 Å². The molecule has 0 aliphatic heterocycles. The van der Waals surface area contributed by atoms with Crippen LogP contribution in [0.5, 0.6) is 5.88 Å². The Hall–Kier alpha value is -2.39. The summed E-state index contributed by atoms with van der Waals surface area (Å²) in [5.74, 6) is -0.0919. The maximum Gasteiger partial charge on any atom is 0.262 e. The highest BCUT2D eigenvalue weighted by atomic mass is 32.2. The van der Waals surface area contributed by atoms with Crippen molar-refractivity contribution in [3.63, 3.8) is 0 Å². The number of nitrogens with zero attached hydrogens (tertiary/aromatic N) is 2. The summed E-state index contributed by atoms with van der Waals surface area (Å²) in [5, 5.41) is 12.0. The summed E-state index contributed by atoms with van der Waals surface area (Å²) in [6, 6.07) is 5.61. The lowest BCUT2D eigenvalue weighted by Gasteiger charge is -2.06. The smallest absolute Gasteiger partial charge is 0.262 e. The van der Waals surface area contributed by atoms with Crippen LogP contribution in [0.2, 0.25) is 0 Å². The zero-order valence-electron chi connectivity index (χ0n) is 14.2. The third-order valence-electron chi connectivity index (χ3n) is 3.31. The maximum atomic E-state index is 12.5. The van der Waals surface area contributed by atoms with Gasteiger partial charge in [0.25, 0.3) is 5.91 Å². The topological polar surface area (TPSA) is 116 Å². The van der Waals surface area contributed by atoms with Gasteiger partial charge in [-0.05, 0) is 37.1 Å². The second-order valence-corrected chi connectivity index (χ2v) is 7.04. The Kier molecular flexibility index (Phi) is 6.16. The normalized spacial score (nSPS) is 11.3. The predicted octanol–water partition coefficient (Wildman–Crippen LogP) is 1.98. The van der Waals surface area contributed by atoms with Crippen molar-refractivity contribution in [2.24, 2.45) is 5.14 Å². The summed E-state index contributed by atoms with van der Waals surface area (Å²) in [4.78, 5) is 12.5. The first kappa shape index (κ1) is 18.9. The van der Waals surface area contributed by atoms with Gasteiger partial charge in [0, 0.05) is 18.4 Å². The SMILES string of the molecule is CCCOc1nn(CCC)cc1C(=O)Nc1ccc(S(N)(=O)=O)cc1. The summed E-state index contributed by atoms with van der Waals surface area (Å²) in [5.41, 5.74) is 0.777. The second kappa shape index (κ2) is 8.13. The van der Waals surface area contributed by atoms with Gasteiger partial charge in [-0.15, -0.1) is 5.10 Å². The molecule has 25 heavy (non-hydrogen) atoms. The van der Waals surface area contributed by atoms with E-state index in [4.69, 9.17) is 9.88 Å². The van der Waals surface area contributed by atoms with E-state index in [9.17, 15) is 13.2 Å². The van der Waals surface area contributed by atoms with Crippen molar-refractivity contribution in [3.05, 3.63) is 36.0 Å². The quantitative estimate of drug-likeness (QED) is 0.741. The van der Waals surface area contributed by atoms with Crippen LogP contribution >= 0.6 is 0 Å². The molecule has 136 valence electrons. The number of nitrogens with two attached hydrogens (primary N) is 1. The minimum Gasteiger partial charge on any atom is -0.476 e. The molecule has 2 aromatic rings. The standard InChI is InChI=1S/C16H22N4O4S/c1-3-9-20-11-14(16(19-20)24-10-4-2)15(21)18-12-5-7-13(8-6-12)25(17,22)23/h5-8,11H,3-4,9-10H2,1-2H3,(H,18,21)(H2,17,22,23). The van der Waals surface area contributed by atoms with Crippen LogP contribution in [0, 0.1) is 0 Å². The number of aromatic nitrogens is 2. The van der Waals surface area contributed by atoms with E-state index in [1.165, 1.54) is 24.3 Å². The summed E-state index contributed by atoms with van der Waals surface area (Å²) in [6.07, 6.45) is 3.32. The highest BCUT2D eigenvalue weighted by Crippen LogP contribution is 2.20. The number of rotatable bonds is 8. The van der Waals surface area contributed by atoms with E-state index in [2.05, 4.69) is 10.4 Å². The van der Waals surface area contributed by atoms with Gasteiger partial charge >= 0.3 is 0 Å². The summed E-state index contributed by atoms with van der Waals surface area (Å²) < 4.78 is 29.7. The molecule has 0 spiro atoms. The molecule has 1 aromatic carbocycles. The molecule has 0 fully saturated rings. The number of nitrogens with one attached hydrogen (secondary N) is 1. The molecule has 1 aromatic heterocycles. The number of benzene rings is 1. The zero-order valence-corrected chi connectivity index (χ0v) is 15.0. The summed E-state index contributed by atoms with van der Waals surface area (Å²) in [7, 11) is -3.77. The van der Waals surface area contributed by atoms with Crippen molar-refractivity contribution in [2.45, 2.75) is 38.1 Å². The number of sulfonamides is 1. The van der Waals surface area contributed by atoms with Crippen LogP contribution in [0.4, 0.5) is 5.69 Å². The average Bonchev–Trinajstić information content (AvgIpc) is 2.96. The van der Waals surface area contributed by atoms with Gasteiger partial charge in [0.2, 0.25) is 15.9 Å². The van der Waals surface area contributed by atoms with E-state index in [0.29, 0.717) is 24.4 Å². The molecule has 0 radical (unpaired) electrons. The summed E-state index contributed by atoms with van der Waals surface area (Å²) >= 11 is 0. The number of carbonyl (C=O) groups is 1. The Morgan fingerprint density at radius 3 is 2.48 bits per heavy atom. The molecule has 0 saturated heterocycles. The van der Waals surface area contributed by atoms with Crippen molar-refractivity contribution in [1.82, 2.24) is 9.78 Å². The molecule has 0 aliphatic carbocycles. The second-order valence-electron chi connectivity index (χ2n) is 5.48. The molecule has 1 amide bonds. The zero-order chi connectivity index (χ0) is 18.4. The van der Waals surface area contributed by atoms with Crippen molar-refractivity contribution < 1.29 is 17.9 Å². The van der Waals surface area contributed by atoms with Crippen LogP contribution in [0.15, 0.2) is 35.4 Å². The number of aryl methyl sites for hydroxylation is 1. The lowest BCUT2D eigenvalue weighted by atomic mass is 10.2. The van der Waals surface area contributed by atoms with Crippen LogP contribution < -0.4 is 15.2 Å². The molecule has 1 heterocycles. The molecule has 9 heteroatoms. The van der Waals surface area contributed by atoms with Gasteiger partial charge in [0.15, 0.2) is 0 Å². The number of ether oxygens (including phenoxy) is 1. The molecule has 0 atom stereocenters. The lowest BCUT2D eigenvalue weighted by molar-refractivity contribution is 0.102. The van der Waals surface area contributed by atoms with E-state index < -0.39 is 10.0 Å². The molecule has 3 N–H and O–H groups in total. The van der Waals surface area contributed by atoms with Crippen LogP contribution in [0.25, 0.3) is 0 Å². The highest BCUT2D eigenvalue weighted by molar-refractivity contribution is 7.89. The highest BCUT2D eigenvalue weighted by Gasteiger charge is 2.18. The van der Waals surface area contributed by atoms with E-state index >= 15 is 0 Å². The number of amides is 1. The third-order valence-corrected chi connectivity index (χ3v) is 4.24. The van der Waals surface area contributed by atoms with Gasteiger partial charge in [-0.2, -0.15) is 0 Å². The molecule has 0 bridgehead atoms. The first-order valence-electron chi connectivity index (χ1n) is 7.99. The first-order chi connectivity index (χ1) is 11.8. The van der Waals surface area contributed by atoms with Crippen molar-refractivity contribution in [1.29, 1.82) is 0 Å². The number of primary sulfonamides is 1. The third kappa shape index (κ3) is 5.04. The van der Waals surface area contributed by atoms with Crippen LogP contribution in [-0.4, -0.2) is 30.7 Å². The van der Waals surface area contributed by atoms with Gasteiger partial charge < -0.3 is 10.1 Å². The minimum atomic E-state index is -3.77. The number of hydrogen-bond donors (Lipinski definition) is 2. The van der Waals surface area contributed by atoms with Gasteiger partial charge in [-0.25, -0.2) is 13.6 Å². The number of hydrogen-bond acceptors (Lipinski definition) is 5. The lowest BCUT2D eigenvalue weighted by Crippen LogP contribution is -2.14. The van der Waals surface area contributed by atoms with E-state index in [1.54, 1.807) is 10.9 Å². The Morgan fingerprint density at radius 1 is 1.24 bits per heavy atom. The Labute approximate surface area is 147 Å². The van der Waals surface area contributed by atoms with Crippen LogP contribution in [0.3, 0.4) is 0 Å². The van der Waals surface area contributed by atoms with Crippen LogP contribution in [-0.2, 0) is 16.6 Å². The number of anilines is 1. The first-order valence-corrected chi connectivity index (χ1v) is 9.54. The predicted molar refractivity (Wildman–Crippen MR) is 94.1 cm³/mol. The summed E-state index contributed by atoms with van der Waals surface area (Å²) in [6.45, 7) is 5.13. The Bertz CT molecular complexity index is 828. The van der Waals surface area contributed by atoms with E-state index in [0.717, 1.165) is 12.8 Å². The monoisotopic (exact) mass is 366 g/mol. The molecule has 2 rings (SSSR count). The molecule has 8 nitrogen and oxygen atoms in total. The van der Waals surface area contributed by atoms with E-state index in [-0.39, 0.29) is 16.7 Å². The van der Waals surface area contributed by atoms with Crippen molar-refractivity contribution in [3.8, 4) is 5.88 Å². The molecular weight excluding hydrogens is 344 g/mol. The van der Waals surface area contributed by atoms with E-state index in [1.807, 2.05) is 13.8 Å². The molecule has 0 saturated carbocycles. The fourth-order valence-corrected chi connectivity index (χ4v) is 2.65. The van der Waals surface area contributed by atoms with Gasteiger partial charge in [-0.1, -0.05) is 13.8 Å². The van der Waals surface area contributed by atoms with Gasteiger partial charge in [-0.3, -0.25) is 9.48 Å². The molecule has 0 aliphatic rings. The fourth-order valence-electron chi connectivity index (χ4n) is 2.13. The van der Waals surface area contributed by atoms with Crippen molar-refractivity contribution >= 4 is 21.6 Å². The average molecular weight is 366 g/mol. The minimum absolute atomic E-state index is 0.0202. The number of carbonyl (C=O) groups excluding carboxylic acids is 1. The van der Waals surface area contributed by atoms with Gasteiger partial charge in [0.1, 0.15) is 5.56 Å². The fraction of sp³-hybridized carbons (Fsp3) is 0.375. The molecular formula is C16H22N4O4S.